The summed E-state index contributed by atoms with van der Waals surface area (Å²) in [5.41, 5.74) is 21.5. The van der Waals surface area contributed by atoms with Crippen LogP contribution in [0.1, 0.15) is 64.7 Å². The van der Waals surface area contributed by atoms with Crippen molar-refractivity contribution in [3.8, 4) is 0 Å². The number of likely N-dealkylation sites (tertiary alicyclic amines) is 1. The third-order valence-corrected chi connectivity index (χ3v) is 9.19. The number of aliphatic hydroxyl groups is 1. The summed E-state index contributed by atoms with van der Waals surface area (Å²) in [6.45, 7) is 0.249. The first-order valence-electron chi connectivity index (χ1n) is 18.6. The number of amides is 7. The van der Waals surface area contributed by atoms with E-state index >= 15 is 0 Å². The van der Waals surface area contributed by atoms with Crippen molar-refractivity contribution >= 4 is 71.9 Å². The van der Waals surface area contributed by atoms with Gasteiger partial charge < -0.3 is 75.1 Å². The monoisotopic (exact) mass is 846 g/mol. The molecule has 0 aromatic heterocycles. The Morgan fingerprint density at radius 3 is 1.93 bits per heavy atom. The molecule has 1 heterocycles. The first kappa shape index (κ1) is 50.7. The summed E-state index contributed by atoms with van der Waals surface area (Å²) in [6, 6.07) is -9.50. The normalized spacial score (nSPS) is 16.6. The molecule has 25 heteroatoms. The van der Waals surface area contributed by atoms with Gasteiger partial charge in [0.15, 0.2) is 5.96 Å². The average Bonchev–Trinajstić information content (AvgIpc) is 3.67. The summed E-state index contributed by atoms with van der Waals surface area (Å²) in [4.78, 5) is 120. The highest BCUT2D eigenvalue weighted by atomic mass is 32.1. The number of carbonyl (C=O) groups excluding carboxylic acids is 7. The smallest absolute Gasteiger partial charge is 0.326 e. The summed E-state index contributed by atoms with van der Waals surface area (Å²) in [7, 11) is 0. The number of rotatable bonds is 27. The van der Waals surface area contributed by atoms with Gasteiger partial charge in [-0.05, 0) is 64.8 Å². The van der Waals surface area contributed by atoms with Crippen molar-refractivity contribution in [2.24, 2.45) is 27.9 Å². The van der Waals surface area contributed by atoms with Crippen molar-refractivity contribution in [3.63, 3.8) is 0 Å². The van der Waals surface area contributed by atoms with Gasteiger partial charge in [0.1, 0.15) is 42.3 Å². The maximum atomic E-state index is 13.8. The Morgan fingerprint density at radius 1 is 0.759 bits per heavy atom. The number of aliphatic carboxylic acids is 2. The van der Waals surface area contributed by atoms with E-state index in [-0.39, 0.29) is 50.5 Å². The molecule has 7 atom stereocenters. The fourth-order valence-electron chi connectivity index (χ4n) is 5.68. The molecule has 24 nitrogen and oxygen atoms in total. The number of carboxylic acids is 2. The van der Waals surface area contributed by atoms with Gasteiger partial charge >= 0.3 is 11.9 Å². The molecular formula is C33H58N12O12S. The Morgan fingerprint density at radius 2 is 1.36 bits per heavy atom. The van der Waals surface area contributed by atoms with Crippen LogP contribution in [0.15, 0.2) is 4.99 Å². The van der Waals surface area contributed by atoms with E-state index in [1.54, 1.807) is 0 Å². The van der Waals surface area contributed by atoms with Gasteiger partial charge in [-0.15, -0.1) is 0 Å². The topological polar surface area (TPSA) is 406 Å². The number of carbonyl (C=O) groups is 9. The van der Waals surface area contributed by atoms with E-state index in [0.29, 0.717) is 25.8 Å². The number of carboxylic acid groups (broad SMARTS) is 2. The number of nitrogens with two attached hydrogens (primary N) is 4. The fraction of sp³-hybridized carbons (Fsp3) is 0.697. The van der Waals surface area contributed by atoms with Crippen LogP contribution < -0.4 is 54.8 Å². The number of nitrogens with one attached hydrogen (secondary N) is 6. The van der Waals surface area contributed by atoms with E-state index in [2.05, 4.69) is 49.5 Å². The summed E-state index contributed by atoms with van der Waals surface area (Å²) in [5, 5.41) is 43.3. The molecule has 0 aromatic carbocycles. The Bertz CT molecular complexity index is 1480. The van der Waals surface area contributed by atoms with Crippen molar-refractivity contribution in [1.29, 1.82) is 0 Å². The highest BCUT2D eigenvalue weighted by Crippen LogP contribution is 2.20. The molecule has 58 heavy (non-hydrogen) atoms. The lowest BCUT2D eigenvalue weighted by molar-refractivity contribution is -0.145. The molecular weight excluding hydrogens is 789 g/mol. The van der Waals surface area contributed by atoms with Crippen LogP contribution in [0, 0.1) is 0 Å². The molecule has 1 fully saturated rings. The van der Waals surface area contributed by atoms with Gasteiger partial charge in [0, 0.05) is 25.3 Å². The number of aliphatic hydroxyl groups excluding tert-OH is 1. The number of unbranched alkanes of at least 4 members (excludes halogenated alkanes) is 1. The molecule has 0 aromatic rings. The maximum absolute atomic E-state index is 13.8. The Labute approximate surface area is 340 Å². The van der Waals surface area contributed by atoms with Crippen LogP contribution in [0.4, 0.5) is 0 Å². The highest BCUT2D eigenvalue weighted by Gasteiger charge is 2.40. The zero-order chi connectivity index (χ0) is 43.9. The van der Waals surface area contributed by atoms with Crippen LogP contribution in [0.3, 0.4) is 0 Å². The summed E-state index contributed by atoms with van der Waals surface area (Å²) < 4.78 is 0. The van der Waals surface area contributed by atoms with Crippen LogP contribution in [-0.2, 0) is 43.2 Å². The van der Waals surface area contributed by atoms with Crippen LogP contribution in [-0.4, -0.2) is 160 Å². The zero-order valence-corrected chi connectivity index (χ0v) is 33.2. The first-order valence-corrected chi connectivity index (χ1v) is 19.3. The average molecular weight is 847 g/mol. The number of aliphatic imine (C=N–C) groups is 1. The minimum absolute atomic E-state index is 0.0246. The largest absolute Gasteiger partial charge is 0.481 e. The molecule has 1 rings (SSSR count). The zero-order valence-electron chi connectivity index (χ0n) is 32.3. The lowest BCUT2D eigenvalue weighted by atomic mass is 10.1. The molecule has 0 spiro atoms. The van der Waals surface area contributed by atoms with Gasteiger partial charge in [-0.25, -0.2) is 4.79 Å². The molecule has 1 saturated heterocycles. The number of nitrogens with zero attached hydrogens (tertiary/aromatic N) is 2. The van der Waals surface area contributed by atoms with Crippen LogP contribution >= 0.6 is 12.6 Å². The van der Waals surface area contributed by atoms with E-state index in [1.807, 2.05) is 0 Å². The third-order valence-electron chi connectivity index (χ3n) is 8.83. The molecule has 0 radical (unpaired) electrons. The standard InChI is InChI=1S/C33H58N12O12S/c1-17(39-29(53)22(16-58)40-24(47)14-35)26(50)41-18(7-4-12-38-33(36)37)27(51)44-21(15-46)28(52)42-19(9-10-25(48)49)31(55)45-13-5-8-23(45)30(54)43-20(32(56)57)6-2-3-11-34/h17-23,46,58H,2-16,34-35H2,1H3,(H,39,53)(H,40,47)(H,41,50)(H,42,52)(H,43,54)(H,44,51)(H,48,49)(H,56,57)(H4,36,37,38)/t17-,18-,19-,20-,21-,22-,23-/m0/s1. The molecule has 0 unspecified atom stereocenters. The minimum atomic E-state index is -1.74. The quantitative estimate of drug-likeness (QED) is 0.0158. The molecule has 0 bridgehead atoms. The lowest BCUT2D eigenvalue weighted by Crippen LogP contribution is -2.60. The van der Waals surface area contributed by atoms with Crippen molar-refractivity contribution < 1.29 is 58.5 Å². The second-order valence-electron chi connectivity index (χ2n) is 13.4. The summed E-state index contributed by atoms with van der Waals surface area (Å²) in [5.74, 6) is -8.97. The predicted octanol–water partition coefficient (Wildman–Crippen LogP) is -6.08. The van der Waals surface area contributed by atoms with E-state index in [0.717, 1.165) is 4.90 Å². The van der Waals surface area contributed by atoms with Gasteiger partial charge in [-0.2, -0.15) is 12.6 Å². The number of guanidine groups is 1. The Hall–Kier alpha value is -5.27. The van der Waals surface area contributed by atoms with Crippen molar-refractivity contribution in [2.45, 2.75) is 107 Å². The molecule has 17 N–H and O–H groups in total. The van der Waals surface area contributed by atoms with Gasteiger partial charge in [0.25, 0.3) is 0 Å². The molecule has 0 aliphatic carbocycles. The Kier molecular flexibility index (Phi) is 23.3. The van der Waals surface area contributed by atoms with Crippen LogP contribution in [0.25, 0.3) is 0 Å². The van der Waals surface area contributed by atoms with E-state index in [4.69, 9.17) is 22.9 Å². The van der Waals surface area contributed by atoms with Gasteiger partial charge in [-0.1, -0.05) is 0 Å². The SMILES string of the molecule is C[C@H](NC(=O)[C@H](CS)NC(=O)CN)C(=O)N[C@@H](CCCN=C(N)N)C(=O)N[C@@H](CO)C(=O)N[C@@H](CCC(=O)O)C(=O)N1CCC[C@H]1C(=O)N[C@@H](CCCCN)C(=O)O. The predicted molar refractivity (Wildman–Crippen MR) is 209 cm³/mol. The fourth-order valence-corrected chi connectivity index (χ4v) is 5.94. The summed E-state index contributed by atoms with van der Waals surface area (Å²) >= 11 is 4.02. The van der Waals surface area contributed by atoms with E-state index in [1.165, 1.54) is 6.92 Å². The second kappa shape index (κ2) is 26.6. The summed E-state index contributed by atoms with van der Waals surface area (Å²) in [6.07, 6.45) is 0.475. The number of hydrogen-bond acceptors (Lipinski definition) is 14. The van der Waals surface area contributed by atoms with Gasteiger partial charge in [-0.3, -0.25) is 43.3 Å². The lowest BCUT2D eigenvalue weighted by Gasteiger charge is -2.30. The van der Waals surface area contributed by atoms with Gasteiger partial charge in [0.2, 0.25) is 41.4 Å². The maximum Gasteiger partial charge on any atom is 0.326 e. The minimum Gasteiger partial charge on any atom is -0.481 e. The van der Waals surface area contributed by atoms with Crippen molar-refractivity contribution in [2.75, 3.05) is 38.5 Å². The molecule has 1 aliphatic rings. The van der Waals surface area contributed by atoms with E-state index < -0.39 is 122 Å². The number of thiol groups is 1. The second-order valence-corrected chi connectivity index (χ2v) is 13.7. The molecule has 7 amide bonds. The highest BCUT2D eigenvalue weighted by molar-refractivity contribution is 7.80. The van der Waals surface area contributed by atoms with Crippen LogP contribution in [0.5, 0.6) is 0 Å². The van der Waals surface area contributed by atoms with Crippen molar-refractivity contribution in [3.05, 3.63) is 0 Å². The van der Waals surface area contributed by atoms with E-state index in [9.17, 15) is 58.5 Å². The molecule has 0 saturated carbocycles. The van der Waals surface area contributed by atoms with Crippen molar-refractivity contribution in [1.82, 2.24) is 36.8 Å². The van der Waals surface area contributed by atoms with Crippen LogP contribution in [0.2, 0.25) is 0 Å². The van der Waals surface area contributed by atoms with Gasteiger partial charge in [0.05, 0.1) is 13.2 Å². The Balaban J connectivity index is 3.19. The first-order chi connectivity index (χ1) is 27.4. The molecule has 1 aliphatic heterocycles. The number of hydrogen-bond donors (Lipinski definition) is 14. The molecule has 328 valence electrons. The third kappa shape index (κ3) is 17.9.